The summed E-state index contributed by atoms with van der Waals surface area (Å²) in [5.74, 6) is 0.476. The molecule has 27 heavy (non-hydrogen) atoms. The van der Waals surface area contributed by atoms with Gasteiger partial charge in [0.05, 0.1) is 0 Å². The molecule has 1 saturated heterocycles. The third-order valence-corrected chi connectivity index (χ3v) is 5.17. The first-order valence-electron chi connectivity index (χ1n) is 9.04. The van der Waals surface area contributed by atoms with E-state index in [-0.39, 0.29) is 18.5 Å². The lowest BCUT2D eigenvalue weighted by Crippen LogP contribution is -2.64. The standard InChI is InChI=1S/C20H23N5O2/c1-5-6-10-23-18(26)16-17(22(4)20(23)27)21-19-24(16)12-14(3)25(19)15-9-7-8-13(2)11-15/h5-9,11-12,16-17H,10H2,1-4H3/b6-5+. The van der Waals surface area contributed by atoms with Crippen LogP contribution < -0.4 is 4.90 Å². The van der Waals surface area contributed by atoms with E-state index in [1.165, 1.54) is 4.90 Å². The molecule has 3 aliphatic rings. The number of likely N-dealkylation sites (N-methyl/N-ethyl adjacent to an activating group) is 1. The fourth-order valence-corrected chi connectivity index (χ4v) is 3.82. The summed E-state index contributed by atoms with van der Waals surface area (Å²) in [6.07, 6.45) is 5.08. The summed E-state index contributed by atoms with van der Waals surface area (Å²) in [6, 6.07) is 7.31. The molecule has 0 aliphatic carbocycles. The molecular weight excluding hydrogens is 342 g/mol. The molecule has 3 aliphatic heterocycles. The zero-order chi connectivity index (χ0) is 19.3. The normalized spacial score (nSPS) is 24.6. The third-order valence-electron chi connectivity index (χ3n) is 5.17. The molecule has 2 atom stereocenters. The van der Waals surface area contributed by atoms with Gasteiger partial charge in [-0.1, -0.05) is 24.3 Å². The molecule has 2 unspecified atom stereocenters. The molecule has 0 N–H and O–H groups in total. The van der Waals surface area contributed by atoms with Crippen molar-refractivity contribution >= 4 is 23.6 Å². The Kier molecular flexibility index (Phi) is 4.02. The molecule has 0 radical (unpaired) electrons. The number of imide groups is 1. The fraction of sp³-hybridized carbons (Fsp3) is 0.350. The molecule has 0 spiro atoms. The fourth-order valence-electron chi connectivity index (χ4n) is 3.82. The van der Waals surface area contributed by atoms with Gasteiger partial charge in [0, 0.05) is 31.2 Å². The first kappa shape index (κ1) is 17.3. The van der Waals surface area contributed by atoms with Gasteiger partial charge < -0.3 is 9.80 Å². The molecule has 140 valence electrons. The van der Waals surface area contributed by atoms with Gasteiger partial charge in [0.2, 0.25) is 5.96 Å². The van der Waals surface area contributed by atoms with Crippen LogP contribution in [0.2, 0.25) is 0 Å². The summed E-state index contributed by atoms with van der Waals surface area (Å²) in [6.45, 7) is 6.18. The summed E-state index contributed by atoms with van der Waals surface area (Å²) in [5, 5.41) is 0. The van der Waals surface area contributed by atoms with E-state index in [0.29, 0.717) is 5.96 Å². The Labute approximate surface area is 158 Å². The van der Waals surface area contributed by atoms with Crippen LogP contribution in [0.5, 0.6) is 0 Å². The second-order valence-corrected chi connectivity index (χ2v) is 7.05. The number of allylic oxidation sites excluding steroid dienone is 2. The number of anilines is 1. The van der Waals surface area contributed by atoms with Crippen molar-refractivity contribution in [3.8, 4) is 0 Å². The highest BCUT2D eigenvalue weighted by molar-refractivity contribution is 6.09. The van der Waals surface area contributed by atoms with Gasteiger partial charge >= 0.3 is 6.03 Å². The molecule has 7 nitrogen and oxygen atoms in total. The van der Waals surface area contributed by atoms with Crippen molar-refractivity contribution < 1.29 is 9.59 Å². The summed E-state index contributed by atoms with van der Waals surface area (Å²) < 4.78 is 0. The molecular formula is C20H23N5O2. The van der Waals surface area contributed by atoms with E-state index in [2.05, 4.69) is 6.07 Å². The van der Waals surface area contributed by atoms with Crippen molar-refractivity contribution in [2.24, 2.45) is 4.99 Å². The van der Waals surface area contributed by atoms with Gasteiger partial charge in [0.25, 0.3) is 5.91 Å². The van der Waals surface area contributed by atoms with Crippen LogP contribution in [0.25, 0.3) is 0 Å². The number of aryl methyl sites for hydroxylation is 1. The second-order valence-electron chi connectivity index (χ2n) is 7.05. The van der Waals surface area contributed by atoms with E-state index in [4.69, 9.17) is 4.99 Å². The number of aliphatic imine (C=N–C) groups is 1. The van der Waals surface area contributed by atoms with Crippen LogP contribution in [0.1, 0.15) is 19.4 Å². The maximum Gasteiger partial charge on any atom is 0.328 e. The molecule has 0 bridgehead atoms. The predicted octanol–water partition coefficient (Wildman–Crippen LogP) is 2.51. The molecule has 0 aromatic heterocycles. The summed E-state index contributed by atoms with van der Waals surface area (Å²) in [4.78, 5) is 37.3. The highest BCUT2D eigenvalue weighted by Crippen LogP contribution is 2.36. The lowest BCUT2D eigenvalue weighted by atomic mass is 10.1. The number of fused-ring (bicyclic) bond motifs is 3. The zero-order valence-corrected chi connectivity index (χ0v) is 16.0. The van der Waals surface area contributed by atoms with Crippen LogP contribution >= 0.6 is 0 Å². The molecule has 0 saturated carbocycles. The van der Waals surface area contributed by atoms with Crippen molar-refractivity contribution in [3.05, 3.63) is 53.9 Å². The van der Waals surface area contributed by atoms with Gasteiger partial charge in [0.1, 0.15) is 0 Å². The van der Waals surface area contributed by atoms with Crippen molar-refractivity contribution in [1.29, 1.82) is 0 Å². The number of carbonyl (C=O) groups excluding carboxylic acids is 2. The van der Waals surface area contributed by atoms with Crippen LogP contribution in [0.15, 0.2) is 53.3 Å². The second kappa shape index (κ2) is 6.26. The molecule has 1 aromatic carbocycles. The first-order valence-corrected chi connectivity index (χ1v) is 9.04. The summed E-state index contributed by atoms with van der Waals surface area (Å²) in [5.41, 5.74) is 3.14. The zero-order valence-electron chi connectivity index (χ0n) is 16.0. The monoisotopic (exact) mass is 365 g/mol. The molecule has 3 heterocycles. The van der Waals surface area contributed by atoms with Crippen LogP contribution in [-0.2, 0) is 4.79 Å². The van der Waals surface area contributed by atoms with Gasteiger partial charge in [-0.3, -0.25) is 14.6 Å². The smallest absolute Gasteiger partial charge is 0.302 e. The molecule has 1 fully saturated rings. The topological polar surface area (TPSA) is 59.5 Å². The Morgan fingerprint density at radius 2 is 2.00 bits per heavy atom. The number of carbonyl (C=O) groups is 2. The number of amides is 3. The van der Waals surface area contributed by atoms with Gasteiger partial charge in [-0.15, -0.1) is 0 Å². The molecule has 3 amide bonds. The Morgan fingerprint density at radius 1 is 1.22 bits per heavy atom. The number of benzene rings is 1. The lowest BCUT2D eigenvalue weighted by Gasteiger charge is -2.39. The minimum atomic E-state index is -0.530. The van der Waals surface area contributed by atoms with Crippen molar-refractivity contribution in [2.75, 3.05) is 18.5 Å². The maximum atomic E-state index is 13.1. The Hall–Kier alpha value is -3.09. The Balaban J connectivity index is 1.72. The predicted molar refractivity (Wildman–Crippen MR) is 104 cm³/mol. The van der Waals surface area contributed by atoms with Crippen LogP contribution in [-0.4, -0.2) is 58.4 Å². The van der Waals surface area contributed by atoms with Gasteiger partial charge in [-0.25, -0.2) is 9.79 Å². The largest absolute Gasteiger partial charge is 0.328 e. The highest BCUT2D eigenvalue weighted by atomic mass is 16.2. The summed E-state index contributed by atoms with van der Waals surface area (Å²) in [7, 11) is 1.70. The maximum absolute atomic E-state index is 13.1. The lowest BCUT2D eigenvalue weighted by molar-refractivity contribution is -0.136. The number of rotatable bonds is 3. The quantitative estimate of drug-likeness (QED) is 0.773. The highest BCUT2D eigenvalue weighted by Gasteiger charge is 2.54. The average molecular weight is 365 g/mol. The number of hydrogen-bond acceptors (Lipinski definition) is 5. The number of nitrogens with zero attached hydrogens (tertiary/aromatic N) is 5. The van der Waals surface area contributed by atoms with E-state index in [1.54, 1.807) is 11.9 Å². The first-order chi connectivity index (χ1) is 12.9. The minimum absolute atomic E-state index is 0.213. The molecule has 4 rings (SSSR count). The van der Waals surface area contributed by atoms with Gasteiger partial charge in [0.15, 0.2) is 12.2 Å². The van der Waals surface area contributed by atoms with Crippen LogP contribution in [0, 0.1) is 6.92 Å². The van der Waals surface area contributed by atoms with Crippen molar-refractivity contribution in [1.82, 2.24) is 14.7 Å². The van der Waals surface area contributed by atoms with E-state index in [1.807, 2.05) is 67.1 Å². The van der Waals surface area contributed by atoms with Gasteiger partial charge in [-0.2, -0.15) is 0 Å². The van der Waals surface area contributed by atoms with Crippen LogP contribution in [0.3, 0.4) is 0 Å². The number of urea groups is 1. The van der Waals surface area contributed by atoms with E-state index < -0.39 is 12.2 Å². The van der Waals surface area contributed by atoms with Crippen molar-refractivity contribution in [3.63, 3.8) is 0 Å². The minimum Gasteiger partial charge on any atom is -0.302 e. The third kappa shape index (κ3) is 2.53. The van der Waals surface area contributed by atoms with E-state index >= 15 is 0 Å². The van der Waals surface area contributed by atoms with Gasteiger partial charge in [-0.05, 0) is 38.5 Å². The Bertz CT molecular complexity index is 903. The van der Waals surface area contributed by atoms with Crippen LogP contribution in [0.4, 0.5) is 10.5 Å². The van der Waals surface area contributed by atoms with Crippen molar-refractivity contribution in [2.45, 2.75) is 33.0 Å². The van der Waals surface area contributed by atoms with E-state index in [9.17, 15) is 9.59 Å². The number of hydrogen-bond donors (Lipinski definition) is 0. The van der Waals surface area contributed by atoms with E-state index in [0.717, 1.165) is 16.9 Å². The summed E-state index contributed by atoms with van der Waals surface area (Å²) >= 11 is 0. The average Bonchev–Trinajstić information content (AvgIpc) is 3.14. The number of guanidine groups is 1. The Morgan fingerprint density at radius 3 is 2.70 bits per heavy atom. The molecule has 1 aromatic rings. The SMILES string of the molecule is C/C=C/CN1C(=O)C2C(N=C3N(c4cccc(C)c4)C(C)=CN32)N(C)C1=O. The molecule has 7 heteroatoms.